The van der Waals surface area contributed by atoms with Crippen LogP contribution in [0.25, 0.3) is 0 Å². The number of nitrogens with zero attached hydrogens (tertiary/aromatic N) is 1. The number of rotatable bonds is 3. The Balaban J connectivity index is 0.000000362. The zero-order valence-electron chi connectivity index (χ0n) is 11.8. The van der Waals surface area contributed by atoms with Gasteiger partial charge in [0.2, 0.25) is 0 Å². The topological polar surface area (TPSA) is 116 Å². The first-order valence-electron chi connectivity index (χ1n) is 6.43. The van der Waals surface area contributed by atoms with Crippen LogP contribution in [0.4, 0.5) is 0 Å². The van der Waals surface area contributed by atoms with E-state index in [0.29, 0.717) is 13.1 Å². The van der Waals surface area contributed by atoms with Crippen LogP contribution in [-0.4, -0.2) is 65.3 Å². The molecule has 0 aromatic heterocycles. The van der Waals surface area contributed by atoms with E-state index in [1.807, 2.05) is 0 Å². The van der Waals surface area contributed by atoms with Crippen molar-refractivity contribution in [2.75, 3.05) is 26.2 Å². The largest absolute Gasteiger partial charge is 0.480 e. The van der Waals surface area contributed by atoms with Crippen LogP contribution in [-0.2, 0) is 9.59 Å². The van der Waals surface area contributed by atoms with E-state index in [1.54, 1.807) is 18.7 Å². The third-order valence-corrected chi connectivity index (χ3v) is 2.79. The summed E-state index contributed by atoms with van der Waals surface area (Å²) in [6.45, 7) is 8.15. The van der Waals surface area contributed by atoms with Gasteiger partial charge in [-0.25, -0.2) is 0 Å². The molecule has 0 unspecified atom stereocenters. The number of carboxylic acid groups (broad SMARTS) is 1. The summed E-state index contributed by atoms with van der Waals surface area (Å²) in [5.41, 5.74) is 5.16. The third-order valence-electron chi connectivity index (χ3n) is 2.79. The molecule has 0 radical (unpaired) electrons. The number of hydrogen-bond donors (Lipinski definition) is 4. The Labute approximate surface area is 113 Å². The lowest BCUT2D eigenvalue weighted by Gasteiger charge is -2.28. The summed E-state index contributed by atoms with van der Waals surface area (Å²) in [6, 6.07) is -0.713. The molecule has 0 bridgehead atoms. The van der Waals surface area contributed by atoms with Crippen molar-refractivity contribution in [1.29, 1.82) is 0 Å². The van der Waals surface area contributed by atoms with Gasteiger partial charge in [-0.05, 0) is 12.8 Å². The van der Waals surface area contributed by atoms with Crippen molar-refractivity contribution in [3.63, 3.8) is 0 Å². The average Bonchev–Trinajstić information content (AvgIpc) is 2.38. The minimum atomic E-state index is -0.931. The Bertz CT molecular complexity index is 289. The normalized spacial score (nSPS) is 18.3. The average molecular weight is 275 g/mol. The summed E-state index contributed by atoms with van der Waals surface area (Å²) in [5, 5.41) is 20.3. The molecule has 1 saturated heterocycles. The van der Waals surface area contributed by atoms with Crippen molar-refractivity contribution in [2.24, 2.45) is 11.7 Å². The number of carboxylic acids is 1. The molecule has 1 aliphatic heterocycles. The van der Waals surface area contributed by atoms with E-state index in [4.69, 9.17) is 15.9 Å². The van der Waals surface area contributed by atoms with E-state index in [2.05, 4.69) is 5.32 Å². The molecule has 0 saturated carbocycles. The number of aliphatic hydroxyl groups excluding tert-OH is 1. The molecule has 7 nitrogen and oxygen atoms in total. The van der Waals surface area contributed by atoms with Crippen LogP contribution < -0.4 is 11.1 Å². The van der Waals surface area contributed by atoms with Gasteiger partial charge in [0.1, 0.15) is 12.1 Å². The second-order valence-corrected chi connectivity index (χ2v) is 4.86. The van der Waals surface area contributed by atoms with Crippen molar-refractivity contribution in [3.8, 4) is 0 Å². The molecular formula is C12H25N3O4. The van der Waals surface area contributed by atoms with Gasteiger partial charge in [0.25, 0.3) is 5.91 Å². The van der Waals surface area contributed by atoms with E-state index in [0.717, 1.165) is 13.1 Å². The molecule has 0 aromatic carbocycles. The number of aliphatic carboxylic acids is 1. The molecule has 7 heteroatoms. The molecule has 1 amide bonds. The predicted molar refractivity (Wildman–Crippen MR) is 71.6 cm³/mol. The van der Waals surface area contributed by atoms with Gasteiger partial charge in [0, 0.05) is 26.2 Å². The number of nitrogens with two attached hydrogens (primary N) is 1. The molecule has 2 atom stereocenters. The smallest absolute Gasteiger partial charge is 0.320 e. The number of carbonyl (C=O) groups is 2. The van der Waals surface area contributed by atoms with Crippen molar-refractivity contribution < 1.29 is 19.8 Å². The first-order valence-corrected chi connectivity index (χ1v) is 6.43. The van der Waals surface area contributed by atoms with Gasteiger partial charge in [0.15, 0.2) is 0 Å². The fourth-order valence-corrected chi connectivity index (χ4v) is 1.43. The van der Waals surface area contributed by atoms with Gasteiger partial charge in [-0.15, -0.1) is 0 Å². The van der Waals surface area contributed by atoms with Gasteiger partial charge in [-0.3, -0.25) is 9.59 Å². The van der Waals surface area contributed by atoms with E-state index in [-0.39, 0.29) is 11.8 Å². The highest BCUT2D eigenvalue weighted by Gasteiger charge is 2.19. The number of aliphatic hydroxyl groups is 1. The predicted octanol–water partition coefficient (Wildman–Crippen LogP) is -1.15. The number of carbonyl (C=O) groups excluding carboxylic acids is 1. The summed E-state index contributed by atoms with van der Waals surface area (Å²) in [6.07, 6.45) is -0.854. The number of amides is 1. The van der Waals surface area contributed by atoms with E-state index in [1.165, 1.54) is 6.92 Å². The lowest BCUT2D eigenvalue weighted by molar-refractivity contribution is -0.140. The Morgan fingerprint density at radius 3 is 1.95 bits per heavy atom. The van der Waals surface area contributed by atoms with Gasteiger partial charge < -0.3 is 26.2 Å². The van der Waals surface area contributed by atoms with E-state index >= 15 is 0 Å². The van der Waals surface area contributed by atoms with Crippen molar-refractivity contribution in [2.45, 2.75) is 32.9 Å². The maximum atomic E-state index is 11.1. The molecule has 0 spiro atoms. The Hall–Kier alpha value is -1.18. The molecule has 1 aliphatic rings. The highest BCUT2D eigenvalue weighted by molar-refractivity contribution is 5.80. The van der Waals surface area contributed by atoms with Gasteiger partial charge in [0.05, 0.1) is 0 Å². The standard InChI is InChI=1S/C7H14N2O2.C5H11NO2/c1-6(10)7(11)9-4-2-8-3-5-9;1-3(2)4(6)5(7)8/h6,8,10H,2-5H2,1H3;3-4H,6H2,1-2H3,(H,7,8)/t6-;4-/m00/s1. The second kappa shape index (κ2) is 8.84. The van der Waals surface area contributed by atoms with Gasteiger partial charge in [-0.2, -0.15) is 0 Å². The molecular weight excluding hydrogens is 250 g/mol. The highest BCUT2D eigenvalue weighted by atomic mass is 16.4. The quantitative estimate of drug-likeness (QED) is 0.517. The summed E-state index contributed by atoms with van der Waals surface area (Å²) in [5.74, 6) is -1.07. The lowest BCUT2D eigenvalue weighted by Crippen LogP contribution is -2.49. The summed E-state index contributed by atoms with van der Waals surface area (Å²) in [4.78, 5) is 22.8. The SMILES string of the molecule is CC(C)[C@H](N)C(=O)O.C[C@H](O)C(=O)N1CCNCC1. The van der Waals surface area contributed by atoms with Crippen molar-refractivity contribution in [3.05, 3.63) is 0 Å². The fourth-order valence-electron chi connectivity index (χ4n) is 1.43. The third kappa shape index (κ3) is 7.09. The van der Waals surface area contributed by atoms with Crippen LogP contribution in [0, 0.1) is 5.92 Å². The molecule has 1 heterocycles. The minimum absolute atomic E-state index is 0.0208. The number of piperazine rings is 1. The fraction of sp³-hybridized carbons (Fsp3) is 0.833. The van der Waals surface area contributed by atoms with E-state index < -0.39 is 18.1 Å². The first-order chi connectivity index (χ1) is 8.77. The maximum absolute atomic E-state index is 11.1. The summed E-state index contributed by atoms with van der Waals surface area (Å²) >= 11 is 0. The molecule has 5 N–H and O–H groups in total. The van der Waals surface area contributed by atoms with Crippen LogP contribution in [0.5, 0.6) is 0 Å². The van der Waals surface area contributed by atoms with Crippen molar-refractivity contribution in [1.82, 2.24) is 10.2 Å². The molecule has 0 aliphatic carbocycles. The zero-order valence-corrected chi connectivity index (χ0v) is 11.8. The zero-order chi connectivity index (χ0) is 15.0. The summed E-state index contributed by atoms with van der Waals surface area (Å²) in [7, 11) is 0. The second-order valence-electron chi connectivity index (χ2n) is 4.86. The van der Waals surface area contributed by atoms with Crippen molar-refractivity contribution >= 4 is 11.9 Å². The van der Waals surface area contributed by atoms with Gasteiger partial charge >= 0.3 is 5.97 Å². The molecule has 112 valence electrons. The molecule has 19 heavy (non-hydrogen) atoms. The molecule has 1 rings (SSSR count). The Morgan fingerprint density at radius 2 is 1.68 bits per heavy atom. The molecule has 1 fully saturated rings. The number of nitrogens with one attached hydrogen (secondary N) is 1. The van der Waals surface area contributed by atoms with E-state index in [9.17, 15) is 9.59 Å². The van der Waals surface area contributed by atoms with Crippen LogP contribution >= 0.6 is 0 Å². The Kier molecular flexibility index (Phi) is 8.29. The Morgan fingerprint density at radius 1 is 1.21 bits per heavy atom. The highest BCUT2D eigenvalue weighted by Crippen LogP contribution is 1.97. The van der Waals surface area contributed by atoms with Crippen LogP contribution in [0.1, 0.15) is 20.8 Å². The van der Waals surface area contributed by atoms with Gasteiger partial charge in [-0.1, -0.05) is 13.8 Å². The maximum Gasteiger partial charge on any atom is 0.320 e. The monoisotopic (exact) mass is 275 g/mol. The van der Waals surface area contributed by atoms with Crippen LogP contribution in [0.15, 0.2) is 0 Å². The number of hydrogen-bond acceptors (Lipinski definition) is 5. The minimum Gasteiger partial charge on any atom is -0.480 e. The van der Waals surface area contributed by atoms with Crippen LogP contribution in [0.2, 0.25) is 0 Å². The lowest BCUT2D eigenvalue weighted by atomic mass is 10.1. The first kappa shape index (κ1) is 17.8. The van der Waals surface area contributed by atoms with Crippen LogP contribution in [0.3, 0.4) is 0 Å². The summed E-state index contributed by atoms with van der Waals surface area (Å²) < 4.78 is 0. The molecule has 0 aromatic rings.